The minimum Gasteiger partial charge on any atom is -0.457 e. The van der Waals surface area contributed by atoms with Gasteiger partial charge in [-0.05, 0) is 24.1 Å². The van der Waals surface area contributed by atoms with Gasteiger partial charge in [-0.25, -0.2) is 4.79 Å². The van der Waals surface area contributed by atoms with Crippen LogP contribution in [0.2, 0.25) is 0 Å². The molecule has 0 atom stereocenters. The molecule has 0 radical (unpaired) electrons. The molecule has 0 aliphatic carbocycles. The maximum Gasteiger partial charge on any atom is 0.349 e. The maximum absolute atomic E-state index is 11.5. The van der Waals surface area contributed by atoms with E-state index >= 15 is 0 Å². The van der Waals surface area contributed by atoms with Gasteiger partial charge in [-0.2, -0.15) is 5.26 Å². The number of benzene rings is 1. The molecule has 0 aliphatic rings. The molecule has 0 amide bonds. The first-order valence-electron chi connectivity index (χ1n) is 5.14. The topological polar surface area (TPSA) is 50.1 Å². The van der Waals surface area contributed by atoms with E-state index in [1.807, 2.05) is 37.3 Å². The Balaban J connectivity index is 2.95. The number of carbonyl (C=O) groups is 1. The molecule has 1 aromatic rings. The Morgan fingerprint density at radius 1 is 1.53 bits per heavy atom. The van der Waals surface area contributed by atoms with Crippen molar-refractivity contribution in [2.75, 3.05) is 6.61 Å². The van der Waals surface area contributed by atoms with E-state index in [4.69, 9.17) is 10.00 Å². The van der Waals surface area contributed by atoms with Crippen molar-refractivity contribution in [1.29, 1.82) is 5.26 Å². The second-order valence-electron chi connectivity index (χ2n) is 3.41. The molecule has 17 heavy (non-hydrogen) atoms. The highest BCUT2D eigenvalue weighted by molar-refractivity contribution is 5.98. The predicted octanol–water partition coefficient (Wildman–Crippen LogP) is 2.63. The monoisotopic (exact) mass is 227 g/mol. The van der Waals surface area contributed by atoms with Crippen LogP contribution >= 0.6 is 0 Å². The van der Waals surface area contributed by atoms with Gasteiger partial charge >= 0.3 is 5.97 Å². The predicted molar refractivity (Wildman–Crippen MR) is 65.9 cm³/mol. The van der Waals surface area contributed by atoms with Crippen molar-refractivity contribution in [1.82, 2.24) is 0 Å². The quantitative estimate of drug-likeness (QED) is 0.344. The molecular weight excluding hydrogens is 214 g/mol. The summed E-state index contributed by atoms with van der Waals surface area (Å²) in [6.45, 7) is 5.45. The standard InChI is InChI=1S/C14H13NO2/c1-3-8-17-14(16)13(10-15)9-12-7-5-4-6-11(12)2/h3-7,9H,1,8H2,2H3. The molecule has 86 valence electrons. The third kappa shape index (κ3) is 3.62. The lowest BCUT2D eigenvalue weighted by Gasteiger charge is -2.02. The van der Waals surface area contributed by atoms with E-state index in [9.17, 15) is 4.79 Å². The molecule has 1 aromatic carbocycles. The van der Waals surface area contributed by atoms with Crippen LogP contribution < -0.4 is 0 Å². The zero-order valence-corrected chi connectivity index (χ0v) is 9.64. The van der Waals surface area contributed by atoms with Crippen LogP contribution in [-0.4, -0.2) is 12.6 Å². The van der Waals surface area contributed by atoms with Crippen molar-refractivity contribution in [3.05, 3.63) is 53.6 Å². The molecule has 0 bridgehead atoms. The minimum atomic E-state index is -0.629. The number of rotatable bonds is 4. The lowest BCUT2D eigenvalue weighted by molar-refractivity contribution is -0.137. The van der Waals surface area contributed by atoms with Crippen molar-refractivity contribution < 1.29 is 9.53 Å². The number of aryl methyl sites for hydroxylation is 1. The normalized spacial score (nSPS) is 10.5. The number of hydrogen-bond acceptors (Lipinski definition) is 3. The molecule has 3 heteroatoms. The molecule has 0 spiro atoms. The van der Waals surface area contributed by atoms with Gasteiger partial charge in [-0.15, -0.1) is 0 Å². The average Bonchev–Trinajstić information content (AvgIpc) is 2.35. The maximum atomic E-state index is 11.5. The fourth-order valence-electron chi connectivity index (χ4n) is 1.25. The van der Waals surface area contributed by atoms with Gasteiger partial charge in [-0.3, -0.25) is 0 Å². The Morgan fingerprint density at radius 2 is 2.24 bits per heavy atom. The Bertz CT molecular complexity index is 495. The third-order valence-corrected chi connectivity index (χ3v) is 2.16. The molecule has 0 saturated heterocycles. The largest absolute Gasteiger partial charge is 0.457 e. The van der Waals surface area contributed by atoms with Crippen molar-refractivity contribution in [2.24, 2.45) is 0 Å². The minimum absolute atomic E-state index is 0.0128. The molecule has 0 aliphatic heterocycles. The van der Waals surface area contributed by atoms with Gasteiger partial charge < -0.3 is 4.74 Å². The van der Waals surface area contributed by atoms with Crippen LogP contribution in [0, 0.1) is 18.3 Å². The number of carbonyl (C=O) groups excluding carboxylic acids is 1. The van der Waals surface area contributed by atoms with Crippen LogP contribution in [0.4, 0.5) is 0 Å². The summed E-state index contributed by atoms with van der Waals surface area (Å²) in [7, 11) is 0. The van der Waals surface area contributed by atoms with Gasteiger partial charge in [0.05, 0.1) is 0 Å². The van der Waals surface area contributed by atoms with E-state index in [2.05, 4.69) is 6.58 Å². The van der Waals surface area contributed by atoms with Crippen LogP contribution in [0.5, 0.6) is 0 Å². The SMILES string of the molecule is C=CCOC(=O)C(C#N)=Cc1ccccc1C. The third-order valence-electron chi connectivity index (χ3n) is 2.16. The van der Waals surface area contributed by atoms with Gasteiger partial charge in [0.25, 0.3) is 0 Å². The van der Waals surface area contributed by atoms with E-state index in [1.165, 1.54) is 12.2 Å². The van der Waals surface area contributed by atoms with Gasteiger partial charge in [-0.1, -0.05) is 36.9 Å². The van der Waals surface area contributed by atoms with Crippen molar-refractivity contribution in [3.8, 4) is 6.07 Å². The number of nitriles is 1. The fourth-order valence-corrected chi connectivity index (χ4v) is 1.25. The van der Waals surface area contributed by atoms with Crippen molar-refractivity contribution in [2.45, 2.75) is 6.92 Å². The number of nitrogens with zero attached hydrogens (tertiary/aromatic N) is 1. The van der Waals surface area contributed by atoms with Crippen LogP contribution in [0.3, 0.4) is 0 Å². The molecular formula is C14H13NO2. The summed E-state index contributed by atoms with van der Waals surface area (Å²) in [6.07, 6.45) is 2.99. The number of hydrogen-bond donors (Lipinski definition) is 0. The molecule has 0 N–H and O–H groups in total. The summed E-state index contributed by atoms with van der Waals surface area (Å²) >= 11 is 0. The Hall–Kier alpha value is -2.34. The number of ether oxygens (including phenoxy) is 1. The smallest absolute Gasteiger partial charge is 0.349 e. The second kappa shape index (κ2) is 6.29. The van der Waals surface area contributed by atoms with Crippen LogP contribution in [0.15, 0.2) is 42.5 Å². The van der Waals surface area contributed by atoms with Gasteiger partial charge in [0.2, 0.25) is 0 Å². The Morgan fingerprint density at radius 3 is 2.82 bits per heavy atom. The van der Waals surface area contributed by atoms with Gasteiger partial charge in [0.15, 0.2) is 0 Å². The molecule has 3 nitrogen and oxygen atoms in total. The van der Waals surface area contributed by atoms with Crippen LogP contribution in [0.25, 0.3) is 6.08 Å². The highest BCUT2D eigenvalue weighted by atomic mass is 16.5. The Kier molecular flexibility index (Phi) is 4.71. The first-order valence-corrected chi connectivity index (χ1v) is 5.14. The zero-order valence-electron chi connectivity index (χ0n) is 9.64. The summed E-state index contributed by atoms with van der Waals surface area (Å²) in [6, 6.07) is 9.34. The van der Waals surface area contributed by atoms with E-state index in [1.54, 1.807) is 0 Å². The number of esters is 1. The summed E-state index contributed by atoms with van der Waals surface area (Å²) in [5.41, 5.74) is 1.82. The van der Waals surface area contributed by atoms with Gasteiger partial charge in [0.1, 0.15) is 18.2 Å². The molecule has 0 unspecified atom stereocenters. The van der Waals surface area contributed by atoms with Crippen LogP contribution in [-0.2, 0) is 9.53 Å². The fraction of sp³-hybridized carbons (Fsp3) is 0.143. The summed E-state index contributed by atoms with van der Waals surface area (Å²) < 4.78 is 4.81. The van der Waals surface area contributed by atoms with Crippen LogP contribution in [0.1, 0.15) is 11.1 Å². The Labute approximate surface area is 101 Å². The lowest BCUT2D eigenvalue weighted by atomic mass is 10.1. The highest BCUT2D eigenvalue weighted by Crippen LogP contribution is 2.12. The highest BCUT2D eigenvalue weighted by Gasteiger charge is 2.10. The van der Waals surface area contributed by atoms with Gasteiger partial charge in [0, 0.05) is 0 Å². The summed E-state index contributed by atoms with van der Waals surface area (Å²) in [5, 5.41) is 8.90. The van der Waals surface area contributed by atoms with E-state index in [-0.39, 0.29) is 12.2 Å². The molecule has 0 saturated carbocycles. The first kappa shape index (κ1) is 12.7. The molecule has 0 fully saturated rings. The van der Waals surface area contributed by atoms with Crippen molar-refractivity contribution in [3.63, 3.8) is 0 Å². The lowest BCUT2D eigenvalue weighted by Crippen LogP contribution is -2.06. The zero-order chi connectivity index (χ0) is 12.7. The molecule has 0 aromatic heterocycles. The summed E-state index contributed by atoms with van der Waals surface area (Å²) in [4.78, 5) is 11.5. The summed E-state index contributed by atoms with van der Waals surface area (Å²) in [5.74, 6) is -0.629. The average molecular weight is 227 g/mol. The van der Waals surface area contributed by atoms with E-state index in [0.717, 1.165) is 11.1 Å². The van der Waals surface area contributed by atoms with E-state index < -0.39 is 5.97 Å². The van der Waals surface area contributed by atoms with Crippen molar-refractivity contribution >= 4 is 12.0 Å². The van der Waals surface area contributed by atoms with E-state index in [0.29, 0.717) is 0 Å². The molecule has 1 rings (SSSR count). The second-order valence-corrected chi connectivity index (χ2v) is 3.41. The first-order chi connectivity index (χ1) is 8.19. The molecule has 0 heterocycles.